The van der Waals surface area contributed by atoms with E-state index in [-0.39, 0.29) is 36.7 Å². The Morgan fingerprint density at radius 2 is 1.69 bits per heavy atom. The molecule has 0 saturated carbocycles. The van der Waals surface area contributed by atoms with Gasteiger partial charge in [-0.1, -0.05) is 28.1 Å². The lowest BCUT2D eigenvalue weighted by Gasteiger charge is -2.36. The third kappa shape index (κ3) is 3.72. The molecule has 152 valence electrons. The Morgan fingerprint density at radius 3 is 2.31 bits per heavy atom. The van der Waals surface area contributed by atoms with Gasteiger partial charge in [0.25, 0.3) is 5.91 Å². The molecule has 10 heteroatoms. The molecule has 4 rings (SSSR count). The van der Waals surface area contributed by atoms with Gasteiger partial charge in [-0.05, 0) is 30.3 Å². The maximum Gasteiger partial charge on any atom is 0.272 e. The van der Waals surface area contributed by atoms with E-state index in [2.05, 4.69) is 26.2 Å². The average Bonchev–Trinajstić information content (AvgIpc) is 3.00. The van der Waals surface area contributed by atoms with Crippen molar-refractivity contribution in [2.45, 2.75) is 23.4 Å². The second-order valence-corrected chi connectivity index (χ2v) is 9.79. The molecule has 6 nitrogen and oxygen atoms in total. The first-order valence-electron chi connectivity index (χ1n) is 8.84. The standard InChI is InChI=1S/C19H16BrF2N3O3S/c20-13-3-1-12(2-4-13)17-18(26)24-19(23-17)7-9-25(10-8-19)29(27,28)14-5-6-15(21)16(22)11-14/h1-6,11H,7-10H2,(H,24,26). The second kappa shape index (κ2) is 7.26. The summed E-state index contributed by atoms with van der Waals surface area (Å²) in [5, 5.41) is 2.88. The fourth-order valence-corrected chi connectivity index (χ4v) is 5.20. The van der Waals surface area contributed by atoms with Crippen molar-refractivity contribution in [3.05, 3.63) is 64.1 Å². The predicted octanol–water partition coefficient (Wildman–Crippen LogP) is 2.83. The molecule has 1 N–H and O–H groups in total. The van der Waals surface area contributed by atoms with E-state index in [1.165, 1.54) is 4.31 Å². The summed E-state index contributed by atoms with van der Waals surface area (Å²) in [5.41, 5.74) is 0.133. The van der Waals surface area contributed by atoms with Crippen molar-refractivity contribution < 1.29 is 22.0 Å². The van der Waals surface area contributed by atoms with Crippen LogP contribution in [-0.2, 0) is 14.8 Å². The Morgan fingerprint density at radius 1 is 1.03 bits per heavy atom. The van der Waals surface area contributed by atoms with E-state index < -0.39 is 27.3 Å². The summed E-state index contributed by atoms with van der Waals surface area (Å²) in [5.74, 6) is -2.62. The Hall–Kier alpha value is -2.17. The number of nitrogens with one attached hydrogen (secondary N) is 1. The molecule has 0 radical (unpaired) electrons. The van der Waals surface area contributed by atoms with E-state index in [1.807, 2.05) is 12.1 Å². The van der Waals surface area contributed by atoms with Crippen LogP contribution in [-0.4, -0.2) is 43.1 Å². The summed E-state index contributed by atoms with van der Waals surface area (Å²) >= 11 is 3.34. The SMILES string of the molecule is O=C1NC2(CCN(S(=O)(=O)c3ccc(F)c(F)c3)CC2)N=C1c1ccc(Br)cc1. The molecule has 29 heavy (non-hydrogen) atoms. The average molecular weight is 484 g/mol. The molecule has 1 saturated heterocycles. The monoisotopic (exact) mass is 483 g/mol. The molecule has 0 aliphatic carbocycles. The summed E-state index contributed by atoms with van der Waals surface area (Å²) in [7, 11) is -3.97. The van der Waals surface area contributed by atoms with E-state index in [0.29, 0.717) is 17.3 Å². The van der Waals surface area contributed by atoms with Crippen LogP contribution in [0.25, 0.3) is 0 Å². The van der Waals surface area contributed by atoms with Crippen LogP contribution in [0.3, 0.4) is 0 Å². The van der Waals surface area contributed by atoms with Gasteiger partial charge in [0.2, 0.25) is 10.0 Å². The molecule has 2 aliphatic rings. The molecule has 1 spiro atoms. The number of carbonyl (C=O) groups excluding carboxylic acids is 1. The Labute approximate surface area is 174 Å². The fraction of sp³-hybridized carbons (Fsp3) is 0.263. The first kappa shape index (κ1) is 20.1. The number of sulfonamides is 1. The molecule has 0 aromatic heterocycles. The Kier molecular flexibility index (Phi) is 5.04. The number of halogens is 3. The third-order valence-electron chi connectivity index (χ3n) is 5.08. The van der Waals surface area contributed by atoms with Crippen LogP contribution >= 0.6 is 15.9 Å². The van der Waals surface area contributed by atoms with Crippen LogP contribution in [0, 0.1) is 11.6 Å². The second-order valence-electron chi connectivity index (χ2n) is 6.93. The van der Waals surface area contributed by atoms with Gasteiger partial charge in [-0.3, -0.25) is 9.79 Å². The fourth-order valence-electron chi connectivity index (χ4n) is 3.49. The molecular formula is C19H16BrF2N3O3S. The van der Waals surface area contributed by atoms with E-state index in [9.17, 15) is 22.0 Å². The molecule has 1 amide bonds. The molecule has 1 fully saturated rings. The Bertz CT molecular complexity index is 1110. The first-order chi connectivity index (χ1) is 13.7. The highest BCUT2D eigenvalue weighted by Crippen LogP contribution is 2.31. The smallest absolute Gasteiger partial charge is 0.272 e. The lowest BCUT2D eigenvalue weighted by Crippen LogP contribution is -2.52. The van der Waals surface area contributed by atoms with Crippen LogP contribution in [0.5, 0.6) is 0 Å². The minimum absolute atomic E-state index is 0.0960. The highest BCUT2D eigenvalue weighted by Gasteiger charge is 2.44. The van der Waals surface area contributed by atoms with Gasteiger partial charge in [0.05, 0.1) is 4.90 Å². The molecule has 0 bridgehead atoms. The van der Waals surface area contributed by atoms with Crippen LogP contribution in [0.2, 0.25) is 0 Å². The predicted molar refractivity (Wildman–Crippen MR) is 106 cm³/mol. The molecule has 2 aromatic carbocycles. The molecule has 2 aliphatic heterocycles. The first-order valence-corrected chi connectivity index (χ1v) is 11.1. The number of hydrogen-bond donors (Lipinski definition) is 1. The number of aliphatic imine (C=N–C) groups is 1. The summed E-state index contributed by atoms with van der Waals surface area (Å²) in [4.78, 5) is 16.7. The zero-order valence-electron chi connectivity index (χ0n) is 15.0. The van der Waals surface area contributed by atoms with Crippen molar-refractivity contribution in [2.24, 2.45) is 4.99 Å². The van der Waals surface area contributed by atoms with Crippen molar-refractivity contribution >= 4 is 37.6 Å². The van der Waals surface area contributed by atoms with Gasteiger partial charge in [0.15, 0.2) is 11.6 Å². The topological polar surface area (TPSA) is 78.8 Å². The lowest BCUT2D eigenvalue weighted by atomic mass is 10.00. The summed E-state index contributed by atoms with van der Waals surface area (Å²) in [6.45, 7) is 0.192. The zero-order valence-corrected chi connectivity index (χ0v) is 17.4. The Balaban J connectivity index is 1.53. The molecular weight excluding hydrogens is 468 g/mol. The largest absolute Gasteiger partial charge is 0.326 e. The van der Waals surface area contributed by atoms with Crippen LogP contribution < -0.4 is 5.32 Å². The van der Waals surface area contributed by atoms with Crippen molar-refractivity contribution in [1.29, 1.82) is 0 Å². The minimum Gasteiger partial charge on any atom is -0.326 e. The molecule has 0 unspecified atom stereocenters. The molecule has 2 aromatic rings. The van der Waals surface area contributed by atoms with Crippen molar-refractivity contribution in [2.75, 3.05) is 13.1 Å². The van der Waals surface area contributed by atoms with Crippen molar-refractivity contribution in [3.63, 3.8) is 0 Å². The minimum atomic E-state index is -3.97. The number of amides is 1. The van der Waals surface area contributed by atoms with E-state index >= 15 is 0 Å². The number of carbonyl (C=O) groups is 1. The van der Waals surface area contributed by atoms with E-state index in [4.69, 9.17) is 0 Å². The lowest BCUT2D eigenvalue weighted by molar-refractivity contribution is -0.115. The number of benzene rings is 2. The maximum absolute atomic E-state index is 13.5. The van der Waals surface area contributed by atoms with Crippen molar-refractivity contribution in [1.82, 2.24) is 9.62 Å². The van der Waals surface area contributed by atoms with Gasteiger partial charge in [0, 0.05) is 36.0 Å². The highest BCUT2D eigenvalue weighted by atomic mass is 79.9. The number of nitrogens with zero attached hydrogens (tertiary/aromatic N) is 2. The van der Waals surface area contributed by atoms with E-state index in [0.717, 1.165) is 16.6 Å². The third-order valence-corrected chi connectivity index (χ3v) is 7.51. The van der Waals surface area contributed by atoms with Gasteiger partial charge in [-0.25, -0.2) is 17.2 Å². The van der Waals surface area contributed by atoms with Gasteiger partial charge >= 0.3 is 0 Å². The van der Waals surface area contributed by atoms with Crippen LogP contribution in [0.4, 0.5) is 8.78 Å². The van der Waals surface area contributed by atoms with Gasteiger partial charge < -0.3 is 5.32 Å². The molecule has 2 heterocycles. The number of rotatable bonds is 3. The summed E-state index contributed by atoms with van der Waals surface area (Å²) in [6, 6.07) is 9.70. The van der Waals surface area contributed by atoms with Crippen LogP contribution in [0.1, 0.15) is 18.4 Å². The zero-order chi connectivity index (χ0) is 20.8. The quantitative estimate of drug-likeness (QED) is 0.728. The molecule has 0 atom stereocenters. The summed E-state index contributed by atoms with van der Waals surface area (Å²) in [6.07, 6.45) is 0.559. The van der Waals surface area contributed by atoms with Gasteiger partial charge in [-0.2, -0.15) is 4.31 Å². The maximum atomic E-state index is 13.5. The van der Waals surface area contributed by atoms with E-state index in [1.54, 1.807) is 12.1 Å². The highest BCUT2D eigenvalue weighted by molar-refractivity contribution is 9.10. The van der Waals surface area contributed by atoms with Gasteiger partial charge in [0.1, 0.15) is 11.4 Å². The summed E-state index contributed by atoms with van der Waals surface area (Å²) < 4.78 is 54.2. The number of hydrogen-bond acceptors (Lipinski definition) is 4. The van der Waals surface area contributed by atoms with Gasteiger partial charge in [-0.15, -0.1) is 0 Å². The van der Waals surface area contributed by atoms with Crippen LogP contribution in [0.15, 0.2) is 56.8 Å². The normalized spacial score (nSPS) is 19.3. The number of piperidine rings is 1. The van der Waals surface area contributed by atoms with Crippen molar-refractivity contribution in [3.8, 4) is 0 Å².